The SMILES string of the molecule is CC1(C)CN(C(=O)c2ccc3ncoc3c2)CCN1. The number of hydrogen-bond donors (Lipinski definition) is 1. The molecule has 0 aliphatic carbocycles. The van der Waals surface area contributed by atoms with Crippen LogP contribution < -0.4 is 5.32 Å². The second-order valence-electron chi connectivity index (χ2n) is 5.57. The lowest BCUT2D eigenvalue weighted by Gasteiger charge is -2.39. The Morgan fingerprint density at radius 2 is 2.32 bits per heavy atom. The van der Waals surface area contributed by atoms with Gasteiger partial charge in [0.15, 0.2) is 12.0 Å². The molecule has 19 heavy (non-hydrogen) atoms. The quantitative estimate of drug-likeness (QED) is 0.846. The molecule has 1 aliphatic rings. The number of carbonyl (C=O) groups is 1. The van der Waals surface area contributed by atoms with Gasteiger partial charge < -0.3 is 14.6 Å². The van der Waals surface area contributed by atoms with Gasteiger partial charge in [0.25, 0.3) is 5.91 Å². The molecule has 100 valence electrons. The topological polar surface area (TPSA) is 58.4 Å². The van der Waals surface area contributed by atoms with Gasteiger partial charge in [0.1, 0.15) is 5.52 Å². The van der Waals surface area contributed by atoms with E-state index >= 15 is 0 Å². The van der Waals surface area contributed by atoms with Crippen molar-refractivity contribution >= 4 is 17.0 Å². The lowest BCUT2D eigenvalue weighted by atomic mass is 10.0. The first-order chi connectivity index (χ1) is 9.05. The number of nitrogens with zero attached hydrogens (tertiary/aromatic N) is 2. The van der Waals surface area contributed by atoms with Crippen LogP contribution in [0.4, 0.5) is 0 Å². The average molecular weight is 259 g/mol. The van der Waals surface area contributed by atoms with E-state index in [0.717, 1.165) is 18.6 Å². The highest BCUT2D eigenvalue weighted by molar-refractivity contribution is 5.97. The molecule has 0 radical (unpaired) electrons. The minimum Gasteiger partial charge on any atom is -0.443 e. The number of oxazole rings is 1. The van der Waals surface area contributed by atoms with Gasteiger partial charge in [-0.2, -0.15) is 0 Å². The monoisotopic (exact) mass is 259 g/mol. The van der Waals surface area contributed by atoms with Crippen LogP contribution in [0.15, 0.2) is 29.0 Å². The summed E-state index contributed by atoms with van der Waals surface area (Å²) in [4.78, 5) is 18.4. The number of nitrogens with one attached hydrogen (secondary N) is 1. The Labute approximate surface area is 111 Å². The van der Waals surface area contributed by atoms with Crippen LogP contribution in [-0.2, 0) is 0 Å². The Morgan fingerprint density at radius 3 is 3.11 bits per heavy atom. The number of aromatic nitrogens is 1. The fraction of sp³-hybridized carbons (Fsp3) is 0.429. The van der Waals surface area contributed by atoms with Crippen LogP contribution in [0.3, 0.4) is 0 Å². The maximum Gasteiger partial charge on any atom is 0.254 e. The molecule has 0 bridgehead atoms. The van der Waals surface area contributed by atoms with Gasteiger partial charge in [0, 0.05) is 30.7 Å². The smallest absolute Gasteiger partial charge is 0.254 e. The molecule has 1 aliphatic heterocycles. The van der Waals surface area contributed by atoms with E-state index in [9.17, 15) is 4.79 Å². The molecule has 2 aromatic rings. The van der Waals surface area contributed by atoms with Crippen LogP contribution in [0.1, 0.15) is 24.2 Å². The summed E-state index contributed by atoms with van der Waals surface area (Å²) in [6.07, 6.45) is 1.40. The number of piperazine rings is 1. The highest BCUT2D eigenvalue weighted by Gasteiger charge is 2.29. The van der Waals surface area contributed by atoms with Gasteiger partial charge in [-0.15, -0.1) is 0 Å². The van der Waals surface area contributed by atoms with Crippen LogP contribution >= 0.6 is 0 Å². The highest BCUT2D eigenvalue weighted by Crippen LogP contribution is 2.18. The van der Waals surface area contributed by atoms with E-state index in [-0.39, 0.29) is 11.4 Å². The molecule has 2 heterocycles. The minimum absolute atomic E-state index is 0.0375. The van der Waals surface area contributed by atoms with E-state index in [4.69, 9.17) is 4.42 Å². The molecule has 1 saturated heterocycles. The second-order valence-corrected chi connectivity index (χ2v) is 5.57. The van der Waals surface area contributed by atoms with Crippen LogP contribution in [0.25, 0.3) is 11.1 Å². The number of benzene rings is 1. The Bertz CT molecular complexity index is 618. The first-order valence-corrected chi connectivity index (χ1v) is 6.43. The number of rotatable bonds is 1. The third kappa shape index (κ3) is 2.33. The lowest BCUT2D eigenvalue weighted by Crippen LogP contribution is -2.58. The van der Waals surface area contributed by atoms with Gasteiger partial charge in [-0.1, -0.05) is 0 Å². The third-order valence-corrected chi connectivity index (χ3v) is 3.44. The van der Waals surface area contributed by atoms with Gasteiger partial charge in [0.05, 0.1) is 0 Å². The maximum atomic E-state index is 12.5. The fourth-order valence-electron chi connectivity index (χ4n) is 2.49. The summed E-state index contributed by atoms with van der Waals surface area (Å²) in [6, 6.07) is 5.39. The minimum atomic E-state index is -0.0375. The van der Waals surface area contributed by atoms with E-state index < -0.39 is 0 Å². The number of carbonyl (C=O) groups excluding carboxylic acids is 1. The van der Waals surface area contributed by atoms with Crippen molar-refractivity contribution in [2.75, 3.05) is 19.6 Å². The summed E-state index contributed by atoms with van der Waals surface area (Å²) in [5.74, 6) is 0.0490. The van der Waals surface area contributed by atoms with Crippen molar-refractivity contribution in [2.24, 2.45) is 0 Å². The summed E-state index contributed by atoms with van der Waals surface area (Å²) in [5.41, 5.74) is 2.05. The molecule has 1 aromatic heterocycles. The van der Waals surface area contributed by atoms with Gasteiger partial charge in [0.2, 0.25) is 0 Å². The molecule has 1 N–H and O–H groups in total. The molecule has 0 atom stereocenters. The Kier molecular flexibility index (Phi) is 2.78. The van der Waals surface area contributed by atoms with Crippen molar-refractivity contribution in [1.82, 2.24) is 15.2 Å². The number of amides is 1. The molecular formula is C14H17N3O2. The lowest BCUT2D eigenvalue weighted by molar-refractivity contribution is 0.0652. The van der Waals surface area contributed by atoms with Gasteiger partial charge >= 0.3 is 0 Å². The zero-order valence-corrected chi connectivity index (χ0v) is 11.1. The molecule has 1 amide bonds. The zero-order valence-electron chi connectivity index (χ0n) is 11.1. The van der Waals surface area contributed by atoms with Gasteiger partial charge in [-0.3, -0.25) is 4.79 Å². The summed E-state index contributed by atoms with van der Waals surface area (Å²) < 4.78 is 5.24. The normalized spacial score (nSPS) is 18.7. The molecule has 0 unspecified atom stereocenters. The van der Waals surface area contributed by atoms with E-state index in [1.807, 2.05) is 17.0 Å². The van der Waals surface area contributed by atoms with Crippen molar-refractivity contribution in [3.05, 3.63) is 30.2 Å². The molecule has 5 heteroatoms. The first-order valence-electron chi connectivity index (χ1n) is 6.43. The van der Waals surface area contributed by atoms with Crippen LogP contribution in [0, 0.1) is 0 Å². The summed E-state index contributed by atoms with van der Waals surface area (Å²) in [5, 5.41) is 3.40. The molecular weight excluding hydrogens is 242 g/mol. The van der Waals surface area contributed by atoms with Crippen molar-refractivity contribution in [3.8, 4) is 0 Å². The molecule has 3 rings (SSSR count). The summed E-state index contributed by atoms with van der Waals surface area (Å²) in [6.45, 7) is 6.47. The highest BCUT2D eigenvalue weighted by atomic mass is 16.3. The van der Waals surface area contributed by atoms with Crippen molar-refractivity contribution in [1.29, 1.82) is 0 Å². The molecule has 1 fully saturated rings. The van der Waals surface area contributed by atoms with Crippen molar-refractivity contribution < 1.29 is 9.21 Å². The maximum absolute atomic E-state index is 12.5. The van der Waals surface area contributed by atoms with Gasteiger partial charge in [-0.05, 0) is 32.0 Å². The van der Waals surface area contributed by atoms with Crippen molar-refractivity contribution in [2.45, 2.75) is 19.4 Å². The Morgan fingerprint density at radius 1 is 1.47 bits per heavy atom. The second kappa shape index (κ2) is 4.35. The van der Waals surface area contributed by atoms with Crippen LogP contribution in [0.5, 0.6) is 0 Å². The van der Waals surface area contributed by atoms with E-state index in [2.05, 4.69) is 24.1 Å². The molecule has 0 spiro atoms. The zero-order chi connectivity index (χ0) is 13.5. The fourth-order valence-corrected chi connectivity index (χ4v) is 2.49. The Hall–Kier alpha value is -1.88. The third-order valence-electron chi connectivity index (χ3n) is 3.44. The van der Waals surface area contributed by atoms with Crippen LogP contribution in [0.2, 0.25) is 0 Å². The molecule has 0 saturated carbocycles. The van der Waals surface area contributed by atoms with E-state index in [0.29, 0.717) is 17.7 Å². The summed E-state index contributed by atoms with van der Waals surface area (Å²) >= 11 is 0. The number of hydrogen-bond acceptors (Lipinski definition) is 4. The molecule has 5 nitrogen and oxygen atoms in total. The van der Waals surface area contributed by atoms with E-state index in [1.54, 1.807) is 6.07 Å². The average Bonchev–Trinajstić information content (AvgIpc) is 2.83. The first kappa shape index (κ1) is 12.2. The predicted molar refractivity (Wildman–Crippen MR) is 72.0 cm³/mol. The predicted octanol–water partition coefficient (Wildman–Crippen LogP) is 1.65. The molecule has 1 aromatic carbocycles. The van der Waals surface area contributed by atoms with Gasteiger partial charge in [-0.25, -0.2) is 4.98 Å². The number of fused-ring (bicyclic) bond motifs is 1. The van der Waals surface area contributed by atoms with Crippen LogP contribution in [-0.4, -0.2) is 41.0 Å². The van der Waals surface area contributed by atoms with Crippen molar-refractivity contribution in [3.63, 3.8) is 0 Å². The van der Waals surface area contributed by atoms with E-state index in [1.165, 1.54) is 6.39 Å². The largest absolute Gasteiger partial charge is 0.443 e. The summed E-state index contributed by atoms with van der Waals surface area (Å²) in [7, 11) is 0. The Balaban J connectivity index is 1.86. The standard InChI is InChI=1S/C14H17N3O2/c1-14(2)8-17(6-5-16-14)13(18)10-3-4-11-12(7-10)19-9-15-11/h3-4,7,9,16H,5-6,8H2,1-2H3.